The van der Waals surface area contributed by atoms with Crippen molar-refractivity contribution in [2.45, 2.75) is 57.0 Å². The minimum atomic E-state index is -0.819. The van der Waals surface area contributed by atoms with E-state index in [1.807, 2.05) is 0 Å². The van der Waals surface area contributed by atoms with E-state index < -0.39 is 11.5 Å². The van der Waals surface area contributed by atoms with Gasteiger partial charge in [0.1, 0.15) is 5.54 Å². The second kappa shape index (κ2) is 5.36. The molecule has 2 aliphatic rings. The van der Waals surface area contributed by atoms with Crippen LogP contribution in [0.3, 0.4) is 0 Å². The number of carboxylic acids is 1. The molecule has 2 rings (SSSR count). The molecule has 98 valence electrons. The van der Waals surface area contributed by atoms with Crippen molar-refractivity contribution in [1.82, 2.24) is 5.32 Å². The molecule has 1 atom stereocenters. The highest BCUT2D eigenvalue weighted by Crippen LogP contribution is 2.32. The molecule has 0 aromatic rings. The van der Waals surface area contributed by atoms with Gasteiger partial charge in [-0.1, -0.05) is 12.8 Å². The van der Waals surface area contributed by atoms with Gasteiger partial charge in [0.05, 0.1) is 0 Å². The zero-order valence-corrected chi connectivity index (χ0v) is 10.6. The van der Waals surface area contributed by atoms with Gasteiger partial charge in [-0.05, 0) is 38.5 Å². The van der Waals surface area contributed by atoms with Crippen LogP contribution in [0.4, 0.5) is 0 Å². The van der Waals surface area contributed by atoms with E-state index in [2.05, 4.69) is 5.32 Å². The van der Waals surface area contributed by atoms with Crippen LogP contribution in [0.1, 0.15) is 45.4 Å². The average Bonchev–Trinajstić information content (AvgIpc) is 3.11. The number of ether oxygens (including phenoxy) is 1. The minimum absolute atomic E-state index is 0.405. The molecule has 2 saturated carbocycles. The van der Waals surface area contributed by atoms with Crippen LogP contribution < -0.4 is 5.32 Å². The summed E-state index contributed by atoms with van der Waals surface area (Å²) in [7, 11) is 0. The van der Waals surface area contributed by atoms with Gasteiger partial charge in [0.2, 0.25) is 0 Å². The first-order chi connectivity index (χ1) is 8.10. The minimum Gasteiger partial charge on any atom is -0.480 e. The summed E-state index contributed by atoms with van der Waals surface area (Å²) in [5.41, 5.74) is -0.819. The van der Waals surface area contributed by atoms with Crippen molar-refractivity contribution in [2.24, 2.45) is 5.92 Å². The SMILES string of the molecule is CC(CCOCCC1CC1)(NC1CC1)C(=O)O. The van der Waals surface area contributed by atoms with Gasteiger partial charge in [-0.3, -0.25) is 10.1 Å². The Morgan fingerprint density at radius 1 is 1.35 bits per heavy atom. The summed E-state index contributed by atoms with van der Waals surface area (Å²) in [6.45, 7) is 3.08. The van der Waals surface area contributed by atoms with Crippen molar-refractivity contribution in [2.75, 3.05) is 13.2 Å². The van der Waals surface area contributed by atoms with E-state index in [0.717, 1.165) is 31.8 Å². The normalized spacial score (nSPS) is 23.4. The molecule has 0 aliphatic heterocycles. The maximum Gasteiger partial charge on any atom is 0.323 e. The van der Waals surface area contributed by atoms with Crippen molar-refractivity contribution in [3.05, 3.63) is 0 Å². The number of carboxylic acid groups (broad SMARTS) is 1. The molecule has 0 radical (unpaired) electrons. The lowest BCUT2D eigenvalue weighted by atomic mass is 9.98. The Hall–Kier alpha value is -0.610. The Morgan fingerprint density at radius 2 is 2.06 bits per heavy atom. The van der Waals surface area contributed by atoms with Gasteiger partial charge in [0.15, 0.2) is 0 Å². The molecule has 0 aromatic heterocycles. The Labute approximate surface area is 103 Å². The Morgan fingerprint density at radius 3 is 2.59 bits per heavy atom. The smallest absolute Gasteiger partial charge is 0.323 e. The Kier molecular flexibility index (Phi) is 4.05. The first-order valence-electron chi connectivity index (χ1n) is 6.69. The maximum absolute atomic E-state index is 11.2. The molecular weight excluding hydrogens is 218 g/mol. The first-order valence-corrected chi connectivity index (χ1v) is 6.69. The van der Waals surface area contributed by atoms with Crippen molar-refractivity contribution < 1.29 is 14.6 Å². The van der Waals surface area contributed by atoms with Gasteiger partial charge in [-0.15, -0.1) is 0 Å². The van der Waals surface area contributed by atoms with Crippen molar-refractivity contribution in [3.63, 3.8) is 0 Å². The van der Waals surface area contributed by atoms with Crippen LogP contribution in [0.15, 0.2) is 0 Å². The molecule has 0 heterocycles. The Balaban J connectivity index is 1.62. The van der Waals surface area contributed by atoms with Crippen LogP contribution in [0.2, 0.25) is 0 Å². The quantitative estimate of drug-likeness (QED) is 0.604. The van der Waals surface area contributed by atoms with Crippen LogP contribution in [0.25, 0.3) is 0 Å². The van der Waals surface area contributed by atoms with Crippen LogP contribution in [-0.4, -0.2) is 35.9 Å². The molecule has 0 saturated heterocycles. The van der Waals surface area contributed by atoms with Crippen molar-refractivity contribution >= 4 is 5.97 Å². The highest BCUT2D eigenvalue weighted by atomic mass is 16.5. The fourth-order valence-corrected chi connectivity index (χ4v) is 1.95. The fraction of sp³-hybridized carbons (Fsp3) is 0.923. The molecule has 2 aliphatic carbocycles. The van der Waals surface area contributed by atoms with E-state index in [9.17, 15) is 9.90 Å². The third kappa shape index (κ3) is 4.28. The maximum atomic E-state index is 11.2. The zero-order valence-electron chi connectivity index (χ0n) is 10.6. The predicted octanol–water partition coefficient (Wildman–Crippen LogP) is 1.79. The van der Waals surface area contributed by atoms with Gasteiger partial charge >= 0.3 is 5.97 Å². The number of nitrogens with one attached hydrogen (secondary N) is 1. The molecular formula is C13H23NO3. The molecule has 4 heteroatoms. The van der Waals surface area contributed by atoms with Gasteiger partial charge in [-0.25, -0.2) is 0 Å². The summed E-state index contributed by atoms with van der Waals surface area (Å²) < 4.78 is 5.53. The highest BCUT2D eigenvalue weighted by molar-refractivity contribution is 5.78. The lowest BCUT2D eigenvalue weighted by molar-refractivity contribution is -0.145. The molecule has 2 N–H and O–H groups in total. The van der Waals surface area contributed by atoms with E-state index in [-0.39, 0.29) is 0 Å². The summed E-state index contributed by atoms with van der Waals surface area (Å²) >= 11 is 0. The van der Waals surface area contributed by atoms with E-state index in [0.29, 0.717) is 19.1 Å². The summed E-state index contributed by atoms with van der Waals surface area (Å²) in [6, 6.07) is 0.405. The highest BCUT2D eigenvalue weighted by Gasteiger charge is 2.38. The molecule has 1 unspecified atom stereocenters. The summed E-state index contributed by atoms with van der Waals surface area (Å²) in [5, 5.41) is 12.4. The van der Waals surface area contributed by atoms with E-state index >= 15 is 0 Å². The topological polar surface area (TPSA) is 58.6 Å². The number of hydrogen-bond donors (Lipinski definition) is 2. The van der Waals surface area contributed by atoms with Crippen LogP contribution in [-0.2, 0) is 9.53 Å². The largest absolute Gasteiger partial charge is 0.480 e. The summed E-state index contributed by atoms with van der Waals surface area (Å²) in [5.74, 6) is 0.112. The average molecular weight is 241 g/mol. The molecule has 0 spiro atoms. The number of hydrogen-bond acceptors (Lipinski definition) is 3. The van der Waals surface area contributed by atoms with Gasteiger partial charge < -0.3 is 9.84 Å². The lowest BCUT2D eigenvalue weighted by Gasteiger charge is -2.26. The van der Waals surface area contributed by atoms with E-state index in [1.165, 1.54) is 12.8 Å². The number of rotatable bonds is 9. The molecule has 0 bridgehead atoms. The predicted molar refractivity (Wildman–Crippen MR) is 65.0 cm³/mol. The van der Waals surface area contributed by atoms with E-state index in [4.69, 9.17) is 4.74 Å². The van der Waals surface area contributed by atoms with Crippen LogP contribution >= 0.6 is 0 Å². The third-order valence-corrected chi connectivity index (χ3v) is 3.69. The van der Waals surface area contributed by atoms with Crippen LogP contribution in [0, 0.1) is 5.92 Å². The van der Waals surface area contributed by atoms with Gasteiger partial charge in [-0.2, -0.15) is 0 Å². The molecule has 4 nitrogen and oxygen atoms in total. The van der Waals surface area contributed by atoms with Crippen molar-refractivity contribution in [3.8, 4) is 0 Å². The van der Waals surface area contributed by atoms with Crippen molar-refractivity contribution in [1.29, 1.82) is 0 Å². The first kappa shape index (κ1) is 12.8. The Bertz CT molecular complexity index is 274. The van der Waals surface area contributed by atoms with Gasteiger partial charge in [0.25, 0.3) is 0 Å². The van der Waals surface area contributed by atoms with Crippen LogP contribution in [0.5, 0.6) is 0 Å². The summed E-state index contributed by atoms with van der Waals surface area (Å²) in [4.78, 5) is 11.2. The summed E-state index contributed by atoms with van der Waals surface area (Å²) in [6.07, 6.45) is 6.58. The monoisotopic (exact) mass is 241 g/mol. The number of aliphatic carboxylic acids is 1. The second-order valence-electron chi connectivity index (χ2n) is 5.65. The van der Waals surface area contributed by atoms with E-state index in [1.54, 1.807) is 6.92 Å². The zero-order chi connectivity index (χ0) is 12.3. The fourth-order valence-electron chi connectivity index (χ4n) is 1.95. The second-order valence-corrected chi connectivity index (χ2v) is 5.65. The van der Waals surface area contributed by atoms with Gasteiger partial charge in [0, 0.05) is 19.3 Å². The standard InChI is InChI=1S/C13H23NO3/c1-13(12(15)16,14-11-4-5-11)7-9-17-8-6-10-2-3-10/h10-11,14H,2-9H2,1H3,(H,15,16). The third-order valence-electron chi connectivity index (χ3n) is 3.69. The molecule has 17 heavy (non-hydrogen) atoms. The molecule has 0 amide bonds. The lowest BCUT2D eigenvalue weighted by Crippen LogP contribution is -2.51. The molecule has 0 aromatic carbocycles. The number of carbonyl (C=O) groups is 1. The molecule has 2 fully saturated rings.